The molecule has 0 saturated heterocycles. The highest BCUT2D eigenvalue weighted by molar-refractivity contribution is 6.06. The number of aryl methyl sites for hydroxylation is 2. The monoisotopic (exact) mass is 254 g/mol. The molecule has 3 N–H and O–H groups in total. The third kappa shape index (κ3) is 1.99. The first-order valence-electron chi connectivity index (χ1n) is 6.05. The van der Waals surface area contributed by atoms with E-state index in [1.165, 1.54) is 0 Å². The van der Waals surface area contributed by atoms with Crippen LogP contribution in [-0.2, 0) is 0 Å². The number of hydrogen-bond donors (Lipinski definition) is 3. The fourth-order valence-corrected chi connectivity index (χ4v) is 2.12. The van der Waals surface area contributed by atoms with Crippen molar-refractivity contribution in [2.24, 2.45) is 0 Å². The summed E-state index contributed by atoms with van der Waals surface area (Å²) in [4.78, 5) is 15.3. The maximum Gasteiger partial charge on any atom is 0.255 e. The number of fused-ring (bicyclic) bond motifs is 1. The summed E-state index contributed by atoms with van der Waals surface area (Å²) in [6, 6.07) is 7.52. The number of carbonyl (C=O) groups excluding carboxylic acids is 1. The Labute approximate surface area is 110 Å². The number of nitrogens with one attached hydrogen (secondary N) is 3. The summed E-state index contributed by atoms with van der Waals surface area (Å²) in [6.07, 6.45) is 1.86. The Hall–Kier alpha value is -2.56. The normalized spacial score (nSPS) is 10.8. The predicted molar refractivity (Wildman–Crippen MR) is 74.3 cm³/mol. The summed E-state index contributed by atoms with van der Waals surface area (Å²) in [5.74, 6) is -0.129. The number of H-pyrrole nitrogens is 2. The molecule has 1 amide bonds. The van der Waals surface area contributed by atoms with E-state index in [-0.39, 0.29) is 5.91 Å². The molecule has 0 aliphatic carbocycles. The molecule has 0 saturated carbocycles. The number of aromatic nitrogens is 3. The first-order chi connectivity index (χ1) is 9.15. The maximum absolute atomic E-state index is 12.2. The average molecular weight is 254 g/mol. The molecule has 19 heavy (non-hydrogen) atoms. The molecule has 3 aromatic rings. The van der Waals surface area contributed by atoms with Gasteiger partial charge in [-0.1, -0.05) is 0 Å². The molecule has 1 aromatic carbocycles. The number of hydrogen-bond acceptors (Lipinski definition) is 2. The Morgan fingerprint density at radius 3 is 2.84 bits per heavy atom. The molecule has 3 rings (SSSR count). The van der Waals surface area contributed by atoms with E-state index >= 15 is 0 Å². The maximum atomic E-state index is 12.2. The van der Waals surface area contributed by atoms with Crippen LogP contribution < -0.4 is 5.32 Å². The zero-order chi connectivity index (χ0) is 13.4. The lowest BCUT2D eigenvalue weighted by Crippen LogP contribution is -2.12. The second-order valence-corrected chi connectivity index (χ2v) is 4.54. The average Bonchev–Trinajstić information content (AvgIpc) is 2.99. The minimum atomic E-state index is -0.129. The fraction of sp³-hybridized carbons (Fsp3) is 0.143. The number of nitrogens with zero attached hydrogens (tertiary/aromatic N) is 1. The first kappa shape index (κ1) is 11.5. The Morgan fingerprint density at radius 1 is 1.26 bits per heavy atom. The standard InChI is InChI=1S/C14H14N4O/c1-8-13(9(2)18-17-8)16-14(19)11-3-4-12-10(7-11)5-6-15-12/h3-7,15H,1-2H3,(H,16,19)(H,17,18). The van der Waals surface area contributed by atoms with E-state index in [1.54, 1.807) is 6.07 Å². The van der Waals surface area contributed by atoms with E-state index in [4.69, 9.17) is 0 Å². The molecule has 0 unspecified atom stereocenters. The third-order valence-electron chi connectivity index (χ3n) is 3.18. The van der Waals surface area contributed by atoms with Crippen LogP contribution in [0.5, 0.6) is 0 Å². The second-order valence-electron chi connectivity index (χ2n) is 4.54. The first-order valence-corrected chi connectivity index (χ1v) is 6.05. The lowest BCUT2D eigenvalue weighted by molar-refractivity contribution is 0.102. The van der Waals surface area contributed by atoms with Crippen LogP contribution in [0.1, 0.15) is 21.7 Å². The largest absolute Gasteiger partial charge is 0.361 e. The Kier molecular flexibility index (Phi) is 2.59. The van der Waals surface area contributed by atoms with E-state index in [9.17, 15) is 4.79 Å². The summed E-state index contributed by atoms with van der Waals surface area (Å²) in [5.41, 5.74) is 4.04. The minimum absolute atomic E-state index is 0.129. The van der Waals surface area contributed by atoms with Crippen LogP contribution in [0.25, 0.3) is 10.9 Å². The van der Waals surface area contributed by atoms with Gasteiger partial charge in [0.15, 0.2) is 0 Å². The third-order valence-corrected chi connectivity index (χ3v) is 3.18. The molecular formula is C14H14N4O. The van der Waals surface area contributed by atoms with Crippen LogP contribution in [-0.4, -0.2) is 21.1 Å². The van der Waals surface area contributed by atoms with Crippen molar-refractivity contribution in [1.82, 2.24) is 15.2 Å². The van der Waals surface area contributed by atoms with Gasteiger partial charge in [0, 0.05) is 22.7 Å². The number of amides is 1. The predicted octanol–water partition coefficient (Wildman–Crippen LogP) is 2.76. The molecule has 5 heteroatoms. The SMILES string of the molecule is Cc1n[nH]c(C)c1NC(=O)c1ccc2[nH]ccc2c1. The van der Waals surface area contributed by atoms with Gasteiger partial charge in [0.25, 0.3) is 5.91 Å². The van der Waals surface area contributed by atoms with Crippen molar-refractivity contribution in [3.05, 3.63) is 47.4 Å². The minimum Gasteiger partial charge on any atom is -0.361 e. The van der Waals surface area contributed by atoms with Crippen molar-refractivity contribution in [2.45, 2.75) is 13.8 Å². The van der Waals surface area contributed by atoms with Gasteiger partial charge in [-0.3, -0.25) is 9.89 Å². The fourth-order valence-electron chi connectivity index (χ4n) is 2.12. The van der Waals surface area contributed by atoms with Gasteiger partial charge >= 0.3 is 0 Å². The van der Waals surface area contributed by atoms with Gasteiger partial charge in [-0.15, -0.1) is 0 Å². The van der Waals surface area contributed by atoms with Gasteiger partial charge in [0.2, 0.25) is 0 Å². The molecule has 0 fully saturated rings. The van der Waals surface area contributed by atoms with E-state index in [1.807, 2.05) is 38.2 Å². The van der Waals surface area contributed by atoms with Crippen LogP contribution in [0.3, 0.4) is 0 Å². The van der Waals surface area contributed by atoms with Crippen LogP contribution in [0, 0.1) is 13.8 Å². The zero-order valence-corrected chi connectivity index (χ0v) is 10.7. The van der Waals surface area contributed by atoms with Crippen molar-refractivity contribution in [3.8, 4) is 0 Å². The Morgan fingerprint density at radius 2 is 2.11 bits per heavy atom. The quantitative estimate of drug-likeness (QED) is 0.658. The van der Waals surface area contributed by atoms with Gasteiger partial charge in [-0.05, 0) is 38.1 Å². The highest BCUT2D eigenvalue weighted by atomic mass is 16.1. The number of carbonyl (C=O) groups is 1. The topological polar surface area (TPSA) is 73.6 Å². The summed E-state index contributed by atoms with van der Waals surface area (Å²) in [6.45, 7) is 3.74. The highest BCUT2D eigenvalue weighted by Gasteiger charge is 2.12. The van der Waals surface area contributed by atoms with Gasteiger partial charge in [0.05, 0.1) is 17.1 Å². The lowest BCUT2D eigenvalue weighted by Gasteiger charge is -2.05. The zero-order valence-electron chi connectivity index (χ0n) is 10.7. The Balaban J connectivity index is 1.91. The summed E-state index contributed by atoms with van der Waals surface area (Å²) in [5, 5.41) is 10.8. The van der Waals surface area contributed by atoms with E-state index in [0.717, 1.165) is 28.0 Å². The van der Waals surface area contributed by atoms with Crippen LogP contribution >= 0.6 is 0 Å². The van der Waals surface area contributed by atoms with Crippen molar-refractivity contribution in [1.29, 1.82) is 0 Å². The molecule has 2 heterocycles. The van der Waals surface area contributed by atoms with E-state index in [0.29, 0.717) is 5.56 Å². The van der Waals surface area contributed by atoms with Crippen molar-refractivity contribution in [3.63, 3.8) is 0 Å². The van der Waals surface area contributed by atoms with E-state index in [2.05, 4.69) is 20.5 Å². The van der Waals surface area contributed by atoms with Crippen LogP contribution in [0.4, 0.5) is 5.69 Å². The molecule has 0 atom stereocenters. The van der Waals surface area contributed by atoms with Crippen molar-refractivity contribution in [2.75, 3.05) is 5.32 Å². The van der Waals surface area contributed by atoms with Gasteiger partial charge in [0.1, 0.15) is 0 Å². The van der Waals surface area contributed by atoms with Gasteiger partial charge in [-0.2, -0.15) is 5.10 Å². The lowest BCUT2D eigenvalue weighted by atomic mass is 10.1. The summed E-state index contributed by atoms with van der Waals surface area (Å²) >= 11 is 0. The number of aromatic amines is 2. The Bertz CT molecular complexity index is 734. The molecule has 0 aliphatic heterocycles. The molecule has 5 nitrogen and oxygen atoms in total. The van der Waals surface area contributed by atoms with Crippen LogP contribution in [0.15, 0.2) is 30.5 Å². The summed E-state index contributed by atoms with van der Waals surface area (Å²) < 4.78 is 0. The van der Waals surface area contributed by atoms with Gasteiger partial charge in [-0.25, -0.2) is 0 Å². The van der Waals surface area contributed by atoms with Crippen molar-refractivity contribution < 1.29 is 4.79 Å². The van der Waals surface area contributed by atoms with Crippen LogP contribution in [0.2, 0.25) is 0 Å². The molecule has 96 valence electrons. The van der Waals surface area contributed by atoms with Crippen molar-refractivity contribution >= 4 is 22.5 Å². The molecule has 0 spiro atoms. The van der Waals surface area contributed by atoms with E-state index < -0.39 is 0 Å². The summed E-state index contributed by atoms with van der Waals surface area (Å²) in [7, 11) is 0. The molecule has 0 aliphatic rings. The highest BCUT2D eigenvalue weighted by Crippen LogP contribution is 2.19. The number of benzene rings is 1. The van der Waals surface area contributed by atoms with Gasteiger partial charge < -0.3 is 10.3 Å². The number of anilines is 1. The molecule has 0 bridgehead atoms. The molecular weight excluding hydrogens is 240 g/mol. The molecule has 0 radical (unpaired) electrons. The number of rotatable bonds is 2. The second kappa shape index (κ2) is 4.28. The smallest absolute Gasteiger partial charge is 0.255 e. The molecule has 2 aromatic heterocycles.